The van der Waals surface area contributed by atoms with E-state index >= 15 is 0 Å². The lowest BCUT2D eigenvalue weighted by Gasteiger charge is -2.35. The molecule has 25 heavy (non-hydrogen) atoms. The lowest BCUT2D eigenvalue weighted by Crippen LogP contribution is -2.45. The van der Waals surface area contributed by atoms with Gasteiger partial charge in [0.25, 0.3) is 0 Å². The van der Waals surface area contributed by atoms with E-state index in [1.807, 2.05) is 36.1 Å². The minimum atomic E-state index is -0.274. The molecule has 1 aromatic heterocycles. The molecular formula is C18H22N4O3. The van der Waals surface area contributed by atoms with Crippen LogP contribution in [-0.4, -0.2) is 52.3 Å². The van der Waals surface area contributed by atoms with Crippen molar-refractivity contribution >= 4 is 5.91 Å². The van der Waals surface area contributed by atoms with Gasteiger partial charge in [0, 0.05) is 18.5 Å². The quantitative estimate of drug-likeness (QED) is 0.920. The van der Waals surface area contributed by atoms with Crippen LogP contribution in [0, 0.1) is 0 Å². The van der Waals surface area contributed by atoms with Crippen LogP contribution in [0.15, 0.2) is 24.3 Å². The topological polar surface area (TPSA) is 80.3 Å². The second-order valence-corrected chi connectivity index (χ2v) is 6.37. The van der Waals surface area contributed by atoms with Gasteiger partial charge in [-0.05, 0) is 12.5 Å². The number of para-hydroxylation sites is 1. The maximum atomic E-state index is 13.1. The summed E-state index contributed by atoms with van der Waals surface area (Å²) in [5.74, 6) is 2.26. The molecule has 1 aromatic carbocycles. The third-order valence-corrected chi connectivity index (χ3v) is 4.81. The molecule has 2 aliphatic heterocycles. The van der Waals surface area contributed by atoms with Crippen molar-refractivity contribution in [2.75, 3.05) is 26.3 Å². The normalized spacial score (nSPS) is 23.0. The van der Waals surface area contributed by atoms with E-state index in [1.54, 1.807) is 0 Å². The molecule has 7 heteroatoms. The molecule has 132 valence electrons. The number of hydrogen-bond acceptors (Lipinski definition) is 5. The Bertz CT molecular complexity index is 760. The minimum Gasteiger partial charge on any atom is -0.493 e. The number of aryl methyl sites for hydroxylation is 1. The van der Waals surface area contributed by atoms with Gasteiger partial charge in [-0.2, -0.15) is 5.10 Å². The fourth-order valence-electron chi connectivity index (χ4n) is 3.44. The Hall–Kier alpha value is -2.41. The van der Waals surface area contributed by atoms with Crippen LogP contribution in [0.5, 0.6) is 5.75 Å². The van der Waals surface area contributed by atoms with E-state index in [0.29, 0.717) is 38.5 Å². The summed E-state index contributed by atoms with van der Waals surface area (Å²) in [4.78, 5) is 19.4. The van der Waals surface area contributed by atoms with Gasteiger partial charge < -0.3 is 14.4 Å². The molecule has 1 fully saturated rings. The van der Waals surface area contributed by atoms with Gasteiger partial charge in [-0.15, -0.1) is 0 Å². The molecule has 2 unspecified atom stereocenters. The van der Waals surface area contributed by atoms with E-state index in [1.165, 1.54) is 0 Å². The monoisotopic (exact) mass is 342 g/mol. The first-order valence-corrected chi connectivity index (χ1v) is 8.79. The third kappa shape index (κ3) is 3.11. The second-order valence-electron chi connectivity index (χ2n) is 6.37. The van der Waals surface area contributed by atoms with Gasteiger partial charge in [0.15, 0.2) is 5.82 Å². The van der Waals surface area contributed by atoms with Crippen molar-refractivity contribution in [1.29, 1.82) is 0 Å². The number of amides is 1. The summed E-state index contributed by atoms with van der Waals surface area (Å²) in [7, 11) is 0. The Labute approximate surface area is 146 Å². The van der Waals surface area contributed by atoms with E-state index < -0.39 is 0 Å². The smallest absolute Gasteiger partial charge is 0.230 e. The fraction of sp³-hybridized carbons (Fsp3) is 0.500. The summed E-state index contributed by atoms with van der Waals surface area (Å²) in [5.41, 5.74) is 0.980. The first-order valence-electron chi connectivity index (χ1n) is 8.79. The number of hydrogen-bond donors (Lipinski definition) is 1. The zero-order valence-corrected chi connectivity index (χ0v) is 14.3. The van der Waals surface area contributed by atoms with Crippen molar-refractivity contribution in [1.82, 2.24) is 20.1 Å². The number of H-pyrrole nitrogens is 1. The molecule has 0 saturated carbocycles. The zero-order valence-electron chi connectivity index (χ0n) is 14.3. The lowest BCUT2D eigenvalue weighted by atomic mass is 9.91. The fourth-order valence-corrected chi connectivity index (χ4v) is 3.44. The summed E-state index contributed by atoms with van der Waals surface area (Å²) in [6.45, 7) is 4.17. The number of carbonyl (C=O) groups is 1. The van der Waals surface area contributed by atoms with Crippen molar-refractivity contribution in [3.63, 3.8) is 0 Å². The molecular weight excluding hydrogens is 320 g/mol. The van der Waals surface area contributed by atoms with E-state index in [4.69, 9.17) is 9.47 Å². The highest BCUT2D eigenvalue weighted by Gasteiger charge is 2.34. The lowest BCUT2D eigenvalue weighted by molar-refractivity contribution is -0.141. The van der Waals surface area contributed by atoms with E-state index in [2.05, 4.69) is 15.2 Å². The molecule has 2 aliphatic rings. The van der Waals surface area contributed by atoms with Crippen LogP contribution >= 0.6 is 0 Å². The van der Waals surface area contributed by atoms with Crippen molar-refractivity contribution in [2.45, 2.75) is 31.8 Å². The number of benzene rings is 1. The first-order chi connectivity index (χ1) is 12.3. The molecule has 3 heterocycles. The predicted octanol–water partition coefficient (Wildman–Crippen LogP) is 1.83. The van der Waals surface area contributed by atoms with E-state index in [0.717, 1.165) is 23.6 Å². The van der Waals surface area contributed by atoms with Gasteiger partial charge in [-0.1, -0.05) is 25.1 Å². The van der Waals surface area contributed by atoms with Gasteiger partial charge in [-0.25, -0.2) is 4.98 Å². The Morgan fingerprint density at radius 1 is 1.36 bits per heavy atom. The molecule has 0 bridgehead atoms. The van der Waals surface area contributed by atoms with Gasteiger partial charge in [0.05, 0.1) is 25.7 Å². The van der Waals surface area contributed by atoms with Crippen LogP contribution in [0.25, 0.3) is 0 Å². The summed E-state index contributed by atoms with van der Waals surface area (Å²) < 4.78 is 11.5. The van der Waals surface area contributed by atoms with Crippen LogP contribution in [0.4, 0.5) is 0 Å². The number of rotatable bonds is 3. The maximum absolute atomic E-state index is 13.1. The second kappa shape index (κ2) is 6.84. The van der Waals surface area contributed by atoms with Crippen molar-refractivity contribution < 1.29 is 14.3 Å². The Morgan fingerprint density at radius 2 is 2.24 bits per heavy atom. The van der Waals surface area contributed by atoms with Gasteiger partial charge >= 0.3 is 0 Å². The van der Waals surface area contributed by atoms with E-state index in [-0.39, 0.29) is 17.9 Å². The first kappa shape index (κ1) is 16.1. The number of nitrogens with one attached hydrogen (secondary N) is 1. The number of fused-ring (bicyclic) bond motifs is 1. The van der Waals surface area contributed by atoms with Crippen molar-refractivity contribution in [3.05, 3.63) is 41.5 Å². The molecule has 2 aromatic rings. The number of nitrogens with zero attached hydrogens (tertiary/aromatic N) is 3. The van der Waals surface area contributed by atoms with Crippen LogP contribution < -0.4 is 4.74 Å². The minimum absolute atomic E-state index is 0.135. The largest absolute Gasteiger partial charge is 0.493 e. The molecule has 7 nitrogen and oxygen atoms in total. The van der Waals surface area contributed by atoms with Crippen molar-refractivity contribution in [2.24, 2.45) is 0 Å². The number of morpholine rings is 1. The summed E-state index contributed by atoms with van der Waals surface area (Å²) in [5, 5.41) is 7.15. The molecule has 0 spiro atoms. The summed E-state index contributed by atoms with van der Waals surface area (Å²) in [6, 6.07) is 7.80. The highest BCUT2D eigenvalue weighted by molar-refractivity contribution is 5.85. The van der Waals surface area contributed by atoms with Crippen molar-refractivity contribution in [3.8, 4) is 5.75 Å². The molecule has 2 atom stereocenters. The molecule has 0 aliphatic carbocycles. The Balaban J connectivity index is 1.51. The Kier molecular flexibility index (Phi) is 4.40. The highest BCUT2D eigenvalue weighted by atomic mass is 16.5. The standard InChI is InChI=1S/C18H22N4O3/c1-2-16-19-17(21-20-16)15-11-22(8-10-25-15)18(23)13-7-9-24-14-6-4-3-5-12(13)14/h3-6,13,15H,2,7-11H2,1H3,(H,19,20,21). The van der Waals surface area contributed by atoms with Crippen LogP contribution in [0.2, 0.25) is 0 Å². The summed E-state index contributed by atoms with van der Waals surface area (Å²) >= 11 is 0. The maximum Gasteiger partial charge on any atom is 0.230 e. The van der Waals surface area contributed by atoms with Gasteiger partial charge in [0.1, 0.15) is 17.7 Å². The molecule has 0 radical (unpaired) electrons. The van der Waals surface area contributed by atoms with Gasteiger partial charge in [0.2, 0.25) is 5.91 Å². The van der Waals surface area contributed by atoms with Crippen LogP contribution in [-0.2, 0) is 16.0 Å². The van der Waals surface area contributed by atoms with Crippen LogP contribution in [0.3, 0.4) is 0 Å². The number of ether oxygens (including phenoxy) is 2. The van der Waals surface area contributed by atoms with Crippen LogP contribution in [0.1, 0.15) is 42.6 Å². The molecule has 1 N–H and O–H groups in total. The van der Waals surface area contributed by atoms with Gasteiger partial charge in [-0.3, -0.25) is 9.89 Å². The average molecular weight is 342 g/mol. The molecule has 1 amide bonds. The average Bonchev–Trinajstić information content (AvgIpc) is 3.16. The predicted molar refractivity (Wildman–Crippen MR) is 90.3 cm³/mol. The third-order valence-electron chi connectivity index (χ3n) is 4.81. The number of carbonyl (C=O) groups excluding carboxylic acids is 1. The Morgan fingerprint density at radius 3 is 3.08 bits per heavy atom. The number of aromatic amines is 1. The summed E-state index contributed by atoms with van der Waals surface area (Å²) in [6.07, 6.45) is 1.23. The van der Waals surface area contributed by atoms with E-state index in [9.17, 15) is 4.79 Å². The SMILES string of the molecule is CCc1nc(C2CN(C(=O)C3CCOc4ccccc43)CCO2)n[nH]1. The number of aromatic nitrogens is 3. The zero-order chi connectivity index (χ0) is 17.2. The molecule has 4 rings (SSSR count). The molecule has 1 saturated heterocycles. The highest BCUT2D eigenvalue weighted by Crippen LogP contribution is 2.35.